The summed E-state index contributed by atoms with van der Waals surface area (Å²) in [4.78, 5) is 27.7. The maximum atomic E-state index is 14.4. The summed E-state index contributed by atoms with van der Waals surface area (Å²) in [6.45, 7) is 12.1. The van der Waals surface area contributed by atoms with Gasteiger partial charge in [0.05, 0.1) is 30.5 Å². The third kappa shape index (κ3) is 7.64. The van der Waals surface area contributed by atoms with E-state index in [-0.39, 0.29) is 36.6 Å². The average Bonchev–Trinajstić information content (AvgIpc) is 3.44. The molecule has 1 aliphatic carbocycles. The van der Waals surface area contributed by atoms with Crippen molar-refractivity contribution in [2.24, 2.45) is 23.7 Å². The number of ether oxygens (including phenoxy) is 5. The molecule has 1 aromatic carbocycles. The second-order valence-corrected chi connectivity index (χ2v) is 16.0. The Morgan fingerprint density at radius 2 is 1.82 bits per heavy atom. The van der Waals surface area contributed by atoms with Gasteiger partial charge in [-0.25, -0.2) is 4.79 Å². The first-order valence-electron chi connectivity index (χ1n) is 18.2. The van der Waals surface area contributed by atoms with Gasteiger partial charge in [-0.05, 0) is 73.2 Å². The van der Waals surface area contributed by atoms with E-state index in [1.165, 1.54) is 0 Å². The van der Waals surface area contributed by atoms with Gasteiger partial charge in [-0.15, -0.1) is 0 Å². The minimum atomic E-state index is -1.87. The highest BCUT2D eigenvalue weighted by atomic mass is 79.9. The molecule has 0 saturated carbocycles. The maximum Gasteiger partial charge on any atom is 0.338 e. The van der Waals surface area contributed by atoms with Gasteiger partial charge in [-0.1, -0.05) is 86.5 Å². The Morgan fingerprint density at radius 3 is 2.55 bits per heavy atom. The fourth-order valence-electron chi connectivity index (χ4n) is 8.06. The Kier molecular flexibility index (Phi) is 11.3. The lowest BCUT2D eigenvalue weighted by Crippen LogP contribution is -2.59. The summed E-state index contributed by atoms with van der Waals surface area (Å²) < 4.78 is 32.9. The number of esters is 2. The van der Waals surface area contributed by atoms with Gasteiger partial charge in [-0.3, -0.25) is 4.79 Å². The number of hydrogen-bond acceptors (Lipinski definition) is 9. The van der Waals surface area contributed by atoms with E-state index in [0.717, 1.165) is 16.5 Å². The molecule has 5 aliphatic rings. The summed E-state index contributed by atoms with van der Waals surface area (Å²) in [7, 11) is 0. The van der Waals surface area contributed by atoms with Crippen molar-refractivity contribution in [2.75, 3.05) is 6.61 Å². The molecule has 0 unspecified atom stereocenters. The van der Waals surface area contributed by atoms with Crippen LogP contribution < -0.4 is 0 Å². The molecule has 4 aliphatic heterocycles. The normalized spacial score (nSPS) is 41.6. The minimum absolute atomic E-state index is 0.00881. The number of halogens is 1. The summed E-state index contributed by atoms with van der Waals surface area (Å²) in [6, 6.07) is 6.80. The summed E-state index contributed by atoms with van der Waals surface area (Å²) in [5, 5.41) is 23.9. The summed E-state index contributed by atoms with van der Waals surface area (Å²) >= 11 is 3.39. The number of rotatable bonds is 4. The zero-order chi connectivity index (χ0) is 36.7. The van der Waals surface area contributed by atoms with Crippen LogP contribution in [0, 0.1) is 23.7 Å². The highest BCUT2D eigenvalue weighted by molar-refractivity contribution is 9.10. The number of aliphatic hydroxyl groups excluding tert-OH is 1. The fraction of sp³-hybridized carbons (Fsp3) is 0.561. The van der Waals surface area contributed by atoms with Gasteiger partial charge in [0.25, 0.3) is 0 Å². The largest absolute Gasteiger partial charge is 0.462 e. The van der Waals surface area contributed by atoms with Gasteiger partial charge in [-0.2, -0.15) is 0 Å². The first kappa shape index (κ1) is 37.9. The molecule has 1 aromatic rings. The number of fused-ring (bicyclic) bond motifs is 2. The van der Waals surface area contributed by atoms with Crippen LogP contribution >= 0.6 is 15.9 Å². The number of carbonyl (C=O) groups excluding carboxylic acids is 2. The van der Waals surface area contributed by atoms with Gasteiger partial charge in [0.1, 0.15) is 23.7 Å². The lowest BCUT2D eigenvalue weighted by Gasteiger charge is -2.48. The lowest BCUT2D eigenvalue weighted by molar-refractivity contribution is -0.300. The molecule has 0 aromatic heterocycles. The first-order valence-corrected chi connectivity index (χ1v) is 19.0. The van der Waals surface area contributed by atoms with Gasteiger partial charge in [0.2, 0.25) is 0 Å². The molecule has 4 heterocycles. The SMILES string of the molecule is CC[C@H](C)[C@H]1O[C@]2(C=C[C@@H]1C)C[C@@H]1C[C@@H](C/C=C(\C)[C@@H](O)[C@@H](C)/C=C/C=C3\CO[C@@H]4[C@H](OC(=O)c5ccc(Br)cc5)C(C)=C[C@@H](C(=O)O1)[C@]34O)O2. The predicted octanol–water partition coefficient (Wildman–Crippen LogP) is 6.93. The third-order valence-corrected chi connectivity index (χ3v) is 11.9. The van der Waals surface area contributed by atoms with E-state index >= 15 is 0 Å². The number of carbonyl (C=O) groups is 2. The molecule has 1 spiro atoms. The molecule has 2 saturated heterocycles. The monoisotopic (exact) mass is 766 g/mol. The highest BCUT2D eigenvalue weighted by Crippen LogP contribution is 2.48. The Labute approximate surface area is 309 Å². The van der Waals surface area contributed by atoms with Crippen LogP contribution in [0.4, 0.5) is 0 Å². The van der Waals surface area contributed by atoms with Crippen molar-refractivity contribution in [3.8, 4) is 0 Å². The molecule has 12 atom stereocenters. The molecule has 0 amide bonds. The zero-order valence-corrected chi connectivity index (χ0v) is 31.9. The van der Waals surface area contributed by atoms with Crippen LogP contribution in [0.15, 0.2) is 88.0 Å². The Bertz CT molecular complexity index is 1630. The standard InChI is InChI=1S/C41H51BrO9/c1-7-23(2)35-26(5)17-18-40(51-35)21-32-20-31(50-40)16-11-25(4)34(43)24(3)9-8-10-29-22-47-37-36(49-38(44)28-12-14-30(42)15-13-28)27(6)19-33(39(45)48-32)41(29,37)46/h8-15,17-19,23-24,26,31-37,43,46H,7,16,20-22H2,1-6H3/b9-8+,25-11+,29-10+/t23-,24-,26-,31+,32-,33-,34-,35+,36+,37+,40+,41+/m0/s1. The van der Waals surface area contributed by atoms with Crippen molar-refractivity contribution < 1.29 is 43.5 Å². The van der Waals surface area contributed by atoms with Crippen LogP contribution in [0.3, 0.4) is 0 Å². The molecule has 2 N–H and O–H groups in total. The topological polar surface area (TPSA) is 121 Å². The molecular weight excluding hydrogens is 716 g/mol. The fourth-order valence-corrected chi connectivity index (χ4v) is 8.32. The second-order valence-electron chi connectivity index (χ2n) is 15.1. The summed E-state index contributed by atoms with van der Waals surface area (Å²) in [5.74, 6) is -3.19. The van der Waals surface area contributed by atoms with E-state index in [4.69, 9.17) is 23.7 Å². The smallest absolute Gasteiger partial charge is 0.338 e. The second kappa shape index (κ2) is 15.2. The van der Waals surface area contributed by atoms with E-state index in [1.54, 1.807) is 49.4 Å². The molecule has 10 heteroatoms. The number of allylic oxidation sites excluding steroid dienone is 2. The van der Waals surface area contributed by atoms with Gasteiger partial charge >= 0.3 is 11.9 Å². The number of aliphatic hydroxyl groups is 2. The Balaban J connectivity index is 1.37. The quantitative estimate of drug-likeness (QED) is 0.248. The van der Waals surface area contributed by atoms with Crippen molar-refractivity contribution in [1.29, 1.82) is 0 Å². The first-order chi connectivity index (χ1) is 24.2. The van der Waals surface area contributed by atoms with Gasteiger partial charge in [0, 0.05) is 29.2 Å². The molecule has 0 radical (unpaired) electrons. The van der Waals surface area contributed by atoms with E-state index < -0.39 is 53.7 Å². The lowest BCUT2D eigenvalue weighted by atomic mass is 9.70. The van der Waals surface area contributed by atoms with Crippen LogP contribution in [0.5, 0.6) is 0 Å². The highest BCUT2D eigenvalue weighted by Gasteiger charge is 2.61. The Morgan fingerprint density at radius 1 is 1.08 bits per heavy atom. The summed E-state index contributed by atoms with van der Waals surface area (Å²) in [6.07, 6.45) is 11.4. The predicted molar refractivity (Wildman–Crippen MR) is 195 cm³/mol. The van der Waals surface area contributed by atoms with Gasteiger partial charge < -0.3 is 33.9 Å². The molecule has 2 bridgehead atoms. The van der Waals surface area contributed by atoms with E-state index in [1.807, 2.05) is 32.1 Å². The molecule has 9 nitrogen and oxygen atoms in total. The van der Waals surface area contributed by atoms with E-state index in [0.29, 0.717) is 36.0 Å². The molecular formula is C41H51BrO9. The van der Waals surface area contributed by atoms with Crippen LogP contribution in [0.1, 0.15) is 77.6 Å². The summed E-state index contributed by atoms with van der Waals surface area (Å²) in [5.41, 5.74) is 0.302. The molecule has 2 fully saturated rings. The zero-order valence-electron chi connectivity index (χ0n) is 30.3. The number of hydrogen-bond donors (Lipinski definition) is 2. The van der Waals surface area contributed by atoms with Gasteiger partial charge in [0.15, 0.2) is 11.9 Å². The third-order valence-electron chi connectivity index (χ3n) is 11.3. The minimum Gasteiger partial charge on any atom is -0.462 e. The molecule has 276 valence electrons. The number of benzene rings is 1. The Hall–Kier alpha value is -2.86. The van der Waals surface area contributed by atoms with Crippen molar-refractivity contribution in [3.05, 3.63) is 93.6 Å². The van der Waals surface area contributed by atoms with Crippen LogP contribution in [-0.2, 0) is 28.5 Å². The molecule has 51 heavy (non-hydrogen) atoms. The van der Waals surface area contributed by atoms with E-state index in [9.17, 15) is 19.8 Å². The average molecular weight is 768 g/mol. The van der Waals surface area contributed by atoms with Crippen molar-refractivity contribution in [3.63, 3.8) is 0 Å². The van der Waals surface area contributed by atoms with E-state index in [2.05, 4.69) is 42.8 Å². The van der Waals surface area contributed by atoms with Crippen molar-refractivity contribution >= 4 is 27.9 Å². The van der Waals surface area contributed by atoms with Crippen LogP contribution in [-0.4, -0.2) is 76.8 Å². The van der Waals surface area contributed by atoms with Crippen LogP contribution in [0.25, 0.3) is 0 Å². The van der Waals surface area contributed by atoms with Crippen molar-refractivity contribution in [2.45, 2.75) is 115 Å². The maximum absolute atomic E-state index is 14.4. The molecule has 6 rings (SSSR count). The van der Waals surface area contributed by atoms with Crippen LogP contribution in [0.2, 0.25) is 0 Å². The van der Waals surface area contributed by atoms with Crippen molar-refractivity contribution in [1.82, 2.24) is 0 Å².